The highest BCUT2D eigenvalue weighted by Crippen LogP contribution is 2.07. The van der Waals surface area contributed by atoms with Crippen molar-refractivity contribution in [3.63, 3.8) is 0 Å². The highest BCUT2D eigenvalue weighted by molar-refractivity contribution is 4.90. The molecule has 1 N–H and O–H groups in total. The lowest BCUT2D eigenvalue weighted by Crippen LogP contribution is -2.33. The summed E-state index contributed by atoms with van der Waals surface area (Å²) in [6, 6.07) is 0.155. The molecular formula is C14H26F2N4O. The number of nitrogens with one attached hydrogen (secondary N) is 1. The molecule has 0 amide bonds. The molecule has 0 saturated carbocycles. The summed E-state index contributed by atoms with van der Waals surface area (Å²) < 4.78 is 30.9. The Kier molecular flexibility index (Phi) is 8.37. The number of rotatable bonds is 11. The van der Waals surface area contributed by atoms with E-state index < -0.39 is 13.0 Å². The number of likely N-dealkylation sites (N-methyl/N-ethyl adjacent to an activating group) is 1. The molecule has 0 aliphatic heterocycles. The predicted molar refractivity (Wildman–Crippen MR) is 77.5 cm³/mol. The molecule has 0 spiro atoms. The van der Waals surface area contributed by atoms with Crippen LogP contribution in [0.2, 0.25) is 0 Å². The molecule has 122 valence electrons. The fourth-order valence-corrected chi connectivity index (χ4v) is 2.13. The van der Waals surface area contributed by atoms with Gasteiger partial charge in [0.1, 0.15) is 18.8 Å². The number of halogens is 2. The SMILES string of the molecule is CCNC(CCOCC(F)F)Cc1ncnn1CC(C)C. The minimum atomic E-state index is -2.41. The van der Waals surface area contributed by atoms with E-state index >= 15 is 0 Å². The third kappa shape index (κ3) is 7.47. The third-order valence-electron chi connectivity index (χ3n) is 3.01. The smallest absolute Gasteiger partial charge is 0.261 e. The van der Waals surface area contributed by atoms with Gasteiger partial charge in [-0.25, -0.2) is 18.4 Å². The molecular weight excluding hydrogens is 278 g/mol. The van der Waals surface area contributed by atoms with Crippen molar-refractivity contribution in [2.75, 3.05) is 19.8 Å². The highest BCUT2D eigenvalue weighted by atomic mass is 19.3. The van der Waals surface area contributed by atoms with Crippen LogP contribution in [0.5, 0.6) is 0 Å². The van der Waals surface area contributed by atoms with Crippen LogP contribution in [0.1, 0.15) is 33.0 Å². The lowest BCUT2D eigenvalue weighted by atomic mass is 10.1. The fourth-order valence-electron chi connectivity index (χ4n) is 2.13. The van der Waals surface area contributed by atoms with Gasteiger partial charge in [0.2, 0.25) is 0 Å². The van der Waals surface area contributed by atoms with E-state index in [1.807, 2.05) is 11.6 Å². The van der Waals surface area contributed by atoms with Crippen LogP contribution in [0.15, 0.2) is 6.33 Å². The minimum absolute atomic E-state index is 0.155. The molecule has 1 aromatic heterocycles. The van der Waals surface area contributed by atoms with Gasteiger partial charge in [-0.2, -0.15) is 5.10 Å². The van der Waals surface area contributed by atoms with Crippen LogP contribution in [-0.2, 0) is 17.7 Å². The lowest BCUT2D eigenvalue weighted by molar-refractivity contribution is 0.0144. The van der Waals surface area contributed by atoms with Gasteiger partial charge >= 0.3 is 0 Å². The molecule has 21 heavy (non-hydrogen) atoms. The van der Waals surface area contributed by atoms with Gasteiger partial charge in [-0.05, 0) is 18.9 Å². The molecule has 5 nitrogen and oxygen atoms in total. The Bertz CT molecular complexity index is 385. The molecule has 0 bridgehead atoms. The summed E-state index contributed by atoms with van der Waals surface area (Å²) in [5.41, 5.74) is 0. The summed E-state index contributed by atoms with van der Waals surface area (Å²) in [7, 11) is 0. The standard InChI is InChI=1S/C14H26F2N4O/c1-4-17-12(5-6-21-9-13(15)16)7-14-18-10-19-20(14)8-11(2)3/h10-13,17H,4-9H2,1-3H3. The normalized spacial score (nSPS) is 13.3. The summed E-state index contributed by atoms with van der Waals surface area (Å²) in [5.74, 6) is 1.42. The summed E-state index contributed by atoms with van der Waals surface area (Å²) in [6.45, 7) is 7.75. The molecule has 0 aliphatic carbocycles. The molecule has 1 unspecified atom stereocenters. The maximum atomic E-state index is 12.0. The average Bonchev–Trinajstić information content (AvgIpc) is 2.81. The highest BCUT2D eigenvalue weighted by Gasteiger charge is 2.14. The monoisotopic (exact) mass is 304 g/mol. The zero-order chi connectivity index (χ0) is 15.7. The molecule has 0 radical (unpaired) electrons. The molecule has 0 aromatic carbocycles. The van der Waals surface area contributed by atoms with Gasteiger partial charge in [0.05, 0.1) is 0 Å². The van der Waals surface area contributed by atoms with Gasteiger partial charge in [0.25, 0.3) is 6.43 Å². The third-order valence-corrected chi connectivity index (χ3v) is 3.01. The maximum Gasteiger partial charge on any atom is 0.261 e. The zero-order valence-electron chi connectivity index (χ0n) is 13.1. The number of alkyl halides is 2. The van der Waals surface area contributed by atoms with Crippen LogP contribution < -0.4 is 5.32 Å². The lowest BCUT2D eigenvalue weighted by Gasteiger charge is -2.18. The topological polar surface area (TPSA) is 52.0 Å². The molecule has 1 atom stereocenters. The summed E-state index contributed by atoms with van der Waals surface area (Å²) >= 11 is 0. The van der Waals surface area contributed by atoms with Crippen LogP contribution in [0, 0.1) is 5.92 Å². The van der Waals surface area contributed by atoms with E-state index in [1.54, 1.807) is 6.33 Å². The van der Waals surface area contributed by atoms with E-state index in [1.165, 1.54) is 0 Å². The van der Waals surface area contributed by atoms with Crippen molar-refractivity contribution in [3.05, 3.63) is 12.2 Å². The van der Waals surface area contributed by atoms with Crippen LogP contribution in [0.3, 0.4) is 0 Å². The average molecular weight is 304 g/mol. The molecule has 7 heteroatoms. The number of ether oxygens (including phenoxy) is 1. The second-order valence-electron chi connectivity index (χ2n) is 5.47. The van der Waals surface area contributed by atoms with Crippen LogP contribution in [-0.4, -0.2) is 47.0 Å². The minimum Gasteiger partial charge on any atom is -0.375 e. The Hall–Kier alpha value is -1.08. The van der Waals surface area contributed by atoms with Crippen molar-refractivity contribution < 1.29 is 13.5 Å². The van der Waals surface area contributed by atoms with Gasteiger partial charge in [0.15, 0.2) is 0 Å². The Morgan fingerprint density at radius 1 is 1.38 bits per heavy atom. The summed E-state index contributed by atoms with van der Waals surface area (Å²) in [4.78, 5) is 4.30. The van der Waals surface area contributed by atoms with Crippen molar-refractivity contribution in [2.24, 2.45) is 5.92 Å². The molecule has 0 aliphatic rings. The Morgan fingerprint density at radius 3 is 2.76 bits per heavy atom. The van der Waals surface area contributed by atoms with E-state index in [4.69, 9.17) is 4.74 Å². The molecule has 1 aromatic rings. The van der Waals surface area contributed by atoms with E-state index in [0.717, 1.165) is 25.3 Å². The zero-order valence-corrected chi connectivity index (χ0v) is 13.1. The number of hydrogen-bond acceptors (Lipinski definition) is 4. The van der Waals surface area contributed by atoms with Gasteiger partial charge in [0, 0.05) is 25.6 Å². The summed E-state index contributed by atoms with van der Waals surface area (Å²) in [6.07, 6.45) is 0.554. The van der Waals surface area contributed by atoms with Gasteiger partial charge in [-0.15, -0.1) is 0 Å². The largest absolute Gasteiger partial charge is 0.375 e. The Balaban J connectivity index is 2.47. The molecule has 0 saturated heterocycles. The van der Waals surface area contributed by atoms with Crippen molar-refractivity contribution in [3.8, 4) is 0 Å². The first kappa shape index (κ1) is 18.0. The van der Waals surface area contributed by atoms with Crippen molar-refractivity contribution in [1.29, 1.82) is 0 Å². The first-order valence-corrected chi connectivity index (χ1v) is 7.48. The molecule has 1 rings (SSSR count). The van der Waals surface area contributed by atoms with E-state index in [0.29, 0.717) is 18.9 Å². The van der Waals surface area contributed by atoms with Gasteiger partial charge in [-0.1, -0.05) is 20.8 Å². The number of hydrogen-bond donors (Lipinski definition) is 1. The second-order valence-corrected chi connectivity index (χ2v) is 5.47. The van der Waals surface area contributed by atoms with E-state index in [9.17, 15) is 8.78 Å². The van der Waals surface area contributed by atoms with Crippen molar-refractivity contribution in [2.45, 2.75) is 52.6 Å². The van der Waals surface area contributed by atoms with Gasteiger partial charge < -0.3 is 10.1 Å². The van der Waals surface area contributed by atoms with Gasteiger partial charge in [-0.3, -0.25) is 0 Å². The predicted octanol–water partition coefficient (Wildman–Crippen LogP) is 2.13. The maximum absolute atomic E-state index is 12.0. The van der Waals surface area contributed by atoms with Crippen LogP contribution >= 0.6 is 0 Å². The van der Waals surface area contributed by atoms with Crippen molar-refractivity contribution in [1.82, 2.24) is 20.1 Å². The fraction of sp³-hybridized carbons (Fsp3) is 0.857. The number of nitrogens with zero attached hydrogens (tertiary/aromatic N) is 3. The van der Waals surface area contributed by atoms with E-state index in [2.05, 4.69) is 29.2 Å². The Labute approximate surface area is 125 Å². The first-order chi connectivity index (χ1) is 10.0. The van der Waals surface area contributed by atoms with Crippen molar-refractivity contribution >= 4 is 0 Å². The second kappa shape index (κ2) is 9.78. The molecule has 1 heterocycles. The Morgan fingerprint density at radius 2 is 2.14 bits per heavy atom. The first-order valence-electron chi connectivity index (χ1n) is 7.48. The van der Waals surface area contributed by atoms with Crippen LogP contribution in [0.25, 0.3) is 0 Å². The van der Waals surface area contributed by atoms with E-state index in [-0.39, 0.29) is 6.04 Å². The van der Waals surface area contributed by atoms with Crippen LogP contribution in [0.4, 0.5) is 8.78 Å². The molecule has 0 fully saturated rings. The summed E-state index contributed by atoms with van der Waals surface area (Å²) in [5, 5.41) is 7.58. The number of aromatic nitrogens is 3. The quantitative estimate of drug-likeness (QED) is 0.636.